The molecule has 0 saturated heterocycles. The number of halogens is 2. The normalized spacial score (nSPS) is 10.8. The molecule has 0 aliphatic carbocycles. The lowest BCUT2D eigenvalue weighted by Crippen LogP contribution is -1.98. The first-order valence-electron chi connectivity index (χ1n) is 5.48. The summed E-state index contributed by atoms with van der Waals surface area (Å²) in [5, 5.41) is 0.763. The Bertz CT molecular complexity index is 588. The van der Waals surface area contributed by atoms with Crippen molar-refractivity contribution < 1.29 is 4.74 Å². The molecular formula is C13H14BrClN2O. The van der Waals surface area contributed by atoms with Crippen LogP contribution in [-0.2, 0) is 7.05 Å². The molecular weight excluding hydrogens is 316 g/mol. The molecule has 5 heteroatoms. The summed E-state index contributed by atoms with van der Waals surface area (Å²) in [6, 6.07) is 1.95. The van der Waals surface area contributed by atoms with E-state index in [1.807, 2.05) is 31.5 Å². The minimum Gasteiger partial charge on any atom is -0.496 e. The van der Waals surface area contributed by atoms with E-state index in [0.717, 1.165) is 37.8 Å². The molecule has 2 rings (SSSR count). The summed E-state index contributed by atoms with van der Waals surface area (Å²) in [5.74, 6) is 0.804. The van der Waals surface area contributed by atoms with Crippen LogP contribution in [0.2, 0.25) is 5.02 Å². The Balaban J connectivity index is 2.82. The van der Waals surface area contributed by atoms with Crippen LogP contribution < -0.4 is 4.74 Å². The SMILES string of the molecule is COc1cc(C)c(Cl)c(C)c1-c1c(Br)ncn1C. The van der Waals surface area contributed by atoms with Crippen LogP contribution in [0.25, 0.3) is 11.3 Å². The molecule has 2 aromatic rings. The van der Waals surface area contributed by atoms with Crippen molar-refractivity contribution in [3.8, 4) is 17.0 Å². The van der Waals surface area contributed by atoms with Gasteiger partial charge in [-0.1, -0.05) is 11.6 Å². The molecule has 0 N–H and O–H groups in total. The van der Waals surface area contributed by atoms with Gasteiger partial charge in [0, 0.05) is 17.6 Å². The molecule has 0 aliphatic rings. The van der Waals surface area contributed by atoms with E-state index < -0.39 is 0 Å². The number of nitrogens with zero attached hydrogens (tertiary/aromatic N) is 2. The highest BCUT2D eigenvalue weighted by Gasteiger charge is 2.19. The number of ether oxygens (including phenoxy) is 1. The number of imidazole rings is 1. The van der Waals surface area contributed by atoms with Crippen LogP contribution in [0.3, 0.4) is 0 Å². The van der Waals surface area contributed by atoms with E-state index in [2.05, 4.69) is 20.9 Å². The fourth-order valence-corrected chi connectivity index (χ4v) is 2.78. The predicted molar refractivity (Wildman–Crippen MR) is 77.4 cm³/mol. The molecule has 0 radical (unpaired) electrons. The van der Waals surface area contributed by atoms with Gasteiger partial charge in [-0.3, -0.25) is 0 Å². The Labute approximate surface area is 120 Å². The van der Waals surface area contributed by atoms with Gasteiger partial charge in [0.05, 0.1) is 19.1 Å². The quantitative estimate of drug-likeness (QED) is 0.828. The lowest BCUT2D eigenvalue weighted by molar-refractivity contribution is 0.415. The molecule has 1 aromatic heterocycles. The smallest absolute Gasteiger partial charge is 0.132 e. The number of hydrogen-bond donors (Lipinski definition) is 0. The van der Waals surface area contributed by atoms with Crippen molar-refractivity contribution in [1.82, 2.24) is 9.55 Å². The molecule has 1 heterocycles. The van der Waals surface area contributed by atoms with Crippen molar-refractivity contribution in [3.63, 3.8) is 0 Å². The van der Waals surface area contributed by atoms with Gasteiger partial charge in [-0.25, -0.2) is 4.98 Å². The highest BCUT2D eigenvalue weighted by Crippen LogP contribution is 2.41. The van der Waals surface area contributed by atoms with Gasteiger partial charge < -0.3 is 9.30 Å². The van der Waals surface area contributed by atoms with E-state index in [0.29, 0.717) is 0 Å². The highest BCUT2D eigenvalue weighted by molar-refractivity contribution is 9.10. The lowest BCUT2D eigenvalue weighted by Gasteiger charge is -2.15. The lowest BCUT2D eigenvalue weighted by atomic mass is 10.0. The second-order valence-electron chi connectivity index (χ2n) is 4.20. The fraction of sp³-hybridized carbons (Fsp3) is 0.308. The maximum Gasteiger partial charge on any atom is 0.132 e. The molecule has 0 fully saturated rings. The molecule has 1 aromatic carbocycles. The van der Waals surface area contributed by atoms with Gasteiger partial charge >= 0.3 is 0 Å². The minimum absolute atomic E-state index is 0.763. The van der Waals surface area contributed by atoms with Crippen molar-refractivity contribution in [2.75, 3.05) is 7.11 Å². The van der Waals surface area contributed by atoms with Crippen molar-refractivity contribution in [2.24, 2.45) is 7.05 Å². The molecule has 96 valence electrons. The second kappa shape index (κ2) is 4.94. The maximum atomic E-state index is 6.33. The van der Waals surface area contributed by atoms with Crippen LogP contribution in [-0.4, -0.2) is 16.7 Å². The zero-order valence-electron chi connectivity index (χ0n) is 10.7. The third kappa shape index (κ3) is 2.04. The number of methoxy groups -OCH3 is 1. The third-order valence-corrected chi connectivity index (χ3v) is 4.16. The molecule has 0 bridgehead atoms. The van der Waals surface area contributed by atoms with Gasteiger partial charge in [-0.2, -0.15) is 0 Å². The van der Waals surface area contributed by atoms with Gasteiger partial charge in [0.25, 0.3) is 0 Å². The van der Waals surface area contributed by atoms with Crippen LogP contribution in [0.5, 0.6) is 5.75 Å². The molecule has 0 unspecified atom stereocenters. The molecule has 18 heavy (non-hydrogen) atoms. The summed E-state index contributed by atoms with van der Waals surface area (Å²) in [6.45, 7) is 3.96. The van der Waals surface area contributed by atoms with Gasteiger partial charge in [0.1, 0.15) is 10.4 Å². The van der Waals surface area contributed by atoms with Gasteiger partial charge in [0.15, 0.2) is 0 Å². The fourth-order valence-electron chi connectivity index (χ4n) is 2.06. The summed E-state index contributed by atoms with van der Waals surface area (Å²) < 4.78 is 8.20. The monoisotopic (exact) mass is 328 g/mol. The number of hydrogen-bond acceptors (Lipinski definition) is 2. The maximum absolute atomic E-state index is 6.33. The third-order valence-electron chi connectivity index (χ3n) is 2.99. The number of aryl methyl sites for hydroxylation is 2. The Kier molecular flexibility index (Phi) is 3.69. The van der Waals surface area contributed by atoms with E-state index in [1.165, 1.54) is 0 Å². The predicted octanol–water partition coefficient (Wildman–Crippen LogP) is 4.13. The highest BCUT2D eigenvalue weighted by atomic mass is 79.9. The summed E-state index contributed by atoms with van der Waals surface area (Å²) in [4.78, 5) is 4.24. The van der Waals surface area contributed by atoms with Crippen LogP contribution in [0.4, 0.5) is 0 Å². The van der Waals surface area contributed by atoms with Crippen molar-refractivity contribution in [1.29, 1.82) is 0 Å². The van der Waals surface area contributed by atoms with Crippen molar-refractivity contribution in [2.45, 2.75) is 13.8 Å². The molecule has 0 aliphatic heterocycles. The summed E-state index contributed by atoms with van der Waals surface area (Å²) >= 11 is 9.80. The Morgan fingerprint density at radius 3 is 2.56 bits per heavy atom. The first-order valence-corrected chi connectivity index (χ1v) is 6.65. The number of rotatable bonds is 2. The van der Waals surface area contributed by atoms with Gasteiger partial charge in [0.2, 0.25) is 0 Å². The number of aromatic nitrogens is 2. The standard InChI is InChI=1S/C13H14BrClN2O/c1-7-5-9(18-4)10(8(2)11(7)15)12-13(14)16-6-17(12)3/h5-6H,1-4H3. The topological polar surface area (TPSA) is 27.1 Å². The molecule has 0 spiro atoms. The van der Waals surface area contributed by atoms with Gasteiger partial charge in [-0.05, 0) is 47.0 Å². The number of benzene rings is 1. The van der Waals surface area contributed by atoms with Crippen molar-refractivity contribution in [3.05, 3.63) is 33.1 Å². The van der Waals surface area contributed by atoms with Crippen LogP contribution in [0.15, 0.2) is 17.0 Å². The van der Waals surface area contributed by atoms with Crippen molar-refractivity contribution >= 4 is 27.5 Å². The van der Waals surface area contributed by atoms with Crippen LogP contribution in [0, 0.1) is 13.8 Å². The largest absolute Gasteiger partial charge is 0.496 e. The molecule has 0 amide bonds. The summed E-state index contributed by atoms with van der Waals surface area (Å²) in [5.41, 5.74) is 3.94. The van der Waals surface area contributed by atoms with E-state index in [4.69, 9.17) is 16.3 Å². The van der Waals surface area contributed by atoms with E-state index in [-0.39, 0.29) is 0 Å². The van der Waals surface area contributed by atoms with Gasteiger partial charge in [-0.15, -0.1) is 0 Å². The molecule has 3 nitrogen and oxygen atoms in total. The Morgan fingerprint density at radius 2 is 2.06 bits per heavy atom. The minimum atomic E-state index is 0.763. The van der Waals surface area contributed by atoms with E-state index in [9.17, 15) is 0 Å². The molecule has 0 atom stereocenters. The Morgan fingerprint density at radius 1 is 1.39 bits per heavy atom. The zero-order valence-corrected chi connectivity index (χ0v) is 13.1. The van der Waals surface area contributed by atoms with E-state index >= 15 is 0 Å². The van der Waals surface area contributed by atoms with Crippen LogP contribution in [0.1, 0.15) is 11.1 Å². The zero-order chi connectivity index (χ0) is 13.4. The second-order valence-corrected chi connectivity index (χ2v) is 5.33. The first kappa shape index (κ1) is 13.4. The van der Waals surface area contributed by atoms with Crippen LogP contribution >= 0.6 is 27.5 Å². The summed E-state index contributed by atoms with van der Waals surface area (Å²) in [6.07, 6.45) is 1.76. The molecule has 0 saturated carbocycles. The average molecular weight is 330 g/mol. The first-order chi connectivity index (χ1) is 8.47. The van der Waals surface area contributed by atoms with E-state index in [1.54, 1.807) is 13.4 Å². The Hall–Kier alpha value is -1.00. The summed E-state index contributed by atoms with van der Waals surface area (Å²) in [7, 11) is 3.61. The average Bonchev–Trinajstić information content (AvgIpc) is 2.66.